The van der Waals surface area contributed by atoms with E-state index in [1.165, 1.54) is 12.1 Å². The van der Waals surface area contributed by atoms with E-state index in [1.54, 1.807) is 12.1 Å². The van der Waals surface area contributed by atoms with Crippen molar-refractivity contribution in [3.8, 4) is 6.01 Å². The van der Waals surface area contributed by atoms with Gasteiger partial charge < -0.3 is 10.1 Å². The molecule has 0 unspecified atom stereocenters. The molecule has 9 heteroatoms. The van der Waals surface area contributed by atoms with Crippen LogP contribution < -0.4 is 10.1 Å². The Balaban J connectivity index is 2.03. The van der Waals surface area contributed by atoms with E-state index in [-0.39, 0.29) is 22.9 Å². The standard InChI is InChI=1S/C12H12ClN5O3/c1-2-21-12-16-10(13)15-11(17-12)14-7-8-3-5-9(6-4-8)18(19)20/h3-6H,2,7H2,1H3,(H,14,15,16,17). The molecule has 0 aliphatic rings. The number of hydrogen-bond acceptors (Lipinski definition) is 7. The highest BCUT2D eigenvalue weighted by atomic mass is 35.5. The number of aromatic nitrogens is 3. The van der Waals surface area contributed by atoms with Crippen LogP contribution in [0, 0.1) is 10.1 Å². The van der Waals surface area contributed by atoms with Crippen molar-refractivity contribution < 1.29 is 9.66 Å². The molecule has 1 heterocycles. The third-order valence-electron chi connectivity index (χ3n) is 2.46. The summed E-state index contributed by atoms with van der Waals surface area (Å²) in [6.07, 6.45) is 0. The molecule has 2 aromatic rings. The lowest BCUT2D eigenvalue weighted by atomic mass is 10.2. The third-order valence-corrected chi connectivity index (χ3v) is 2.63. The predicted molar refractivity (Wildman–Crippen MR) is 76.4 cm³/mol. The second kappa shape index (κ2) is 6.80. The minimum absolute atomic E-state index is 0.0275. The minimum atomic E-state index is -0.447. The number of halogens is 1. The number of ether oxygens (including phenoxy) is 1. The van der Waals surface area contributed by atoms with Gasteiger partial charge in [-0.15, -0.1) is 0 Å². The predicted octanol–water partition coefficient (Wildman–Crippen LogP) is 2.44. The van der Waals surface area contributed by atoms with Crippen LogP contribution in [0.4, 0.5) is 11.6 Å². The Bertz CT molecular complexity index is 635. The molecule has 1 N–H and O–H groups in total. The summed E-state index contributed by atoms with van der Waals surface area (Å²) in [6, 6.07) is 6.31. The fourth-order valence-corrected chi connectivity index (χ4v) is 1.67. The number of benzene rings is 1. The summed E-state index contributed by atoms with van der Waals surface area (Å²) >= 11 is 5.77. The first-order chi connectivity index (χ1) is 10.1. The molecule has 0 saturated heterocycles. The molecular weight excluding hydrogens is 298 g/mol. The Kier molecular flexibility index (Phi) is 4.83. The van der Waals surface area contributed by atoms with Crippen LogP contribution in [-0.4, -0.2) is 26.5 Å². The molecule has 0 radical (unpaired) electrons. The summed E-state index contributed by atoms with van der Waals surface area (Å²) in [4.78, 5) is 21.9. The molecular formula is C12H12ClN5O3. The lowest BCUT2D eigenvalue weighted by molar-refractivity contribution is -0.384. The van der Waals surface area contributed by atoms with Crippen molar-refractivity contribution in [3.05, 3.63) is 45.2 Å². The van der Waals surface area contributed by atoms with Gasteiger partial charge in [-0.1, -0.05) is 12.1 Å². The monoisotopic (exact) mass is 309 g/mol. The van der Waals surface area contributed by atoms with Gasteiger partial charge in [0.15, 0.2) is 0 Å². The summed E-state index contributed by atoms with van der Waals surface area (Å²) in [6.45, 7) is 2.62. The van der Waals surface area contributed by atoms with Gasteiger partial charge >= 0.3 is 6.01 Å². The molecule has 0 atom stereocenters. The molecule has 0 fully saturated rings. The number of non-ortho nitro benzene ring substituents is 1. The Hall–Kier alpha value is -2.48. The minimum Gasteiger partial charge on any atom is -0.464 e. The zero-order valence-corrected chi connectivity index (χ0v) is 11.9. The van der Waals surface area contributed by atoms with Gasteiger partial charge in [0, 0.05) is 18.7 Å². The molecule has 0 aliphatic carbocycles. The van der Waals surface area contributed by atoms with Gasteiger partial charge in [-0.2, -0.15) is 15.0 Å². The molecule has 8 nitrogen and oxygen atoms in total. The smallest absolute Gasteiger partial charge is 0.322 e. The second-order valence-electron chi connectivity index (χ2n) is 3.92. The number of nitro benzene ring substituents is 1. The fraction of sp³-hybridized carbons (Fsp3) is 0.250. The zero-order chi connectivity index (χ0) is 15.2. The zero-order valence-electron chi connectivity index (χ0n) is 11.1. The molecule has 2 rings (SSSR count). The van der Waals surface area contributed by atoms with E-state index < -0.39 is 4.92 Å². The van der Waals surface area contributed by atoms with Gasteiger partial charge in [0.1, 0.15) is 0 Å². The number of nitro groups is 1. The Morgan fingerprint density at radius 2 is 2.00 bits per heavy atom. The third kappa shape index (κ3) is 4.25. The fourth-order valence-electron chi connectivity index (χ4n) is 1.52. The molecule has 0 aliphatic heterocycles. The van der Waals surface area contributed by atoms with Crippen LogP contribution in [0.3, 0.4) is 0 Å². The van der Waals surface area contributed by atoms with E-state index in [0.29, 0.717) is 13.2 Å². The number of anilines is 1. The number of nitrogens with one attached hydrogen (secondary N) is 1. The molecule has 110 valence electrons. The van der Waals surface area contributed by atoms with Crippen molar-refractivity contribution in [3.63, 3.8) is 0 Å². The first-order valence-corrected chi connectivity index (χ1v) is 6.48. The summed E-state index contributed by atoms with van der Waals surface area (Å²) in [7, 11) is 0. The van der Waals surface area contributed by atoms with Crippen molar-refractivity contribution in [1.82, 2.24) is 15.0 Å². The van der Waals surface area contributed by atoms with Crippen LogP contribution in [-0.2, 0) is 6.54 Å². The highest BCUT2D eigenvalue weighted by molar-refractivity contribution is 6.28. The van der Waals surface area contributed by atoms with E-state index in [1.807, 2.05) is 6.92 Å². The summed E-state index contributed by atoms with van der Waals surface area (Å²) < 4.78 is 5.16. The molecule has 0 amide bonds. The lowest BCUT2D eigenvalue weighted by Crippen LogP contribution is -2.07. The van der Waals surface area contributed by atoms with Crippen LogP contribution in [0.15, 0.2) is 24.3 Å². The molecule has 0 saturated carbocycles. The molecule has 0 spiro atoms. The Morgan fingerprint density at radius 3 is 2.62 bits per heavy atom. The van der Waals surface area contributed by atoms with Crippen LogP contribution >= 0.6 is 11.6 Å². The van der Waals surface area contributed by atoms with E-state index in [2.05, 4.69) is 20.3 Å². The molecule has 1 aromatic carbocycles. The van der Waals surface area contributed by atoms with Gasteiger partial charge in [0.05, 0.1) is 11.5 Å². The van der Waals surface area contributed by atoms with Crippen molar-refractivity contribution >= 4 is 23.2 Å². The maximum Gasteiger partial charge on any atom is 0.322 e. The van der Waals surface area contributed by atoms with Crippen LogP contribution in [0.2, 0.25) is 5.28 Å². The first kappa shape index (κ1) is 14.9. The van der Waals surface area contributed by atoms with Crippen LogP contribution in [0.5, 0.6) is 6.01 Å². The average Bonchev–Trinajstić information content (AvgIpc) is 2.45. The number of nitrogens with zero attached hydrogens (tertiary/aromatic N) is 4. The Labute approximate surface area is 125 Å². The average molecular weight is 310 g/mol. The number of hydrogen-bond donors (Lipinski definition) is 1. The maximum absolute atomic E-state index is 10.6. The summed E-state index contributed by atoms with van der Waals surface area (Å²) in [5.41, 5.74) is 0.885. The van der Waals surface area contributed by atoms with E-state index >= 15 is 0 Å². The maximum atomic E-state index is 10.6. The number of rotatable bonds is 6. The van der Waals surface area contributed by atoms with E-state index in [4.69, 9.17) is 16.3 Å². The highest BCUT2D eigenvalue weighted by Gasteiger charge is 2.07. The van der Waals surface area contributed by atoms with Gasteiger partial charge in [-0.3, -0.25) is 10.1 Å². The summed E-state index contributed by atoms with van der Waals surface area (Å²) in [5.74, 6) is 0.275. The normalized spacial score (nSPS) is 10.2. The second-order valence-corrected chi connectivity index (χ2v) is 4.26. The van der Waals surface area contributed by atoms with Crippen molar-refractivity contribution in [1.29, 1.82) is 0 Å². The summed E-state index contributed by atoms with van der Waals surface area (Å²) in [5, 5.41) is 13.5. The van der Waals surface area contributed by atoms with Crippen LogP contribution in [0.1, 0.15) is 12.5 Å². The topological polar surface area (TPSA) is 103 Å². The van der Waals surface area contributed by atoms with Gasteiger partial charge in [-0.05, 0) is 24.1 Å². The Morgan fingerprint density at radius 1 is 1.29 bits per heavy atom. The van der Waals surface area contributed by atoms with Gasteiger partial charge in [0.25, 0.3) is 5.69 Å². The molecule has 0 bridgehead atoms. The van der Waals surface area contributed by atoms with Crippen LogP contribution in [0.25, 0.3) is 0 Å². The van der Waals surface area contributed by atoms with E-state index in [0.717, 1.165) is 5.56 Å². The van der Waals surface area contributed by atoms with Crippen molar-refractivity contribution in [2.24, 2.45) is 0 Å². The quantitative estimate of drug-likeness (QED) is 0.645. The van der Waals surface area contributed by atoms with Crippen molar-refractivity contribution in [2.45, 2.75) is 13.5 Å². The largest absolute Gasteiger partial charge is 0.464 e. The molecule has 21 heavy (non-hydrogen) atoms. The lowest BCUT2D eigenvalue weighted by Gasteiger charge is -2.06. The van der Waals surface area contributed by atoms with Gasteiger partial charge in [-0.25, -0.2) is 0 Å². The molecule has 1 aromatic heterocycles. The van der Waals surface area contributed by atoms with Gasteiger partial charge in [0.2, 0.25) is 11.2 Å². The first-order valence-electron chi connectivity index (χ1n) is 6.10. The SMILES string of the molecule is CCOc1nc(Cl)nc(NCc2ccc([N+](=O)[O-])cc2)n1. The van der Waals surface area contributed by atoms with Crippen molar-refractivity contribution in [2.75, 3.05) is 11.9 Å². The van der Waals surface area contributed by atoms with E-state index in [9.17, 15) is 10.1 Å². The highest BCUT2D eigenvalue weighted by Crippen LogP contribution is 2.14.